The number of carbonyl (C=O) groups is 2. The van der Waals surface area contributed by atoms with E-state index in [2.05, 4.69) is 22.4 Å². The van der Waals surface area contributed by atoms with Crippen molar-refractivity contribution in [2.45, 2.75) is 71.3 Å². The van der Waals surface area contributed by atoms with Crippen LogP contribution in [0.15, 0.2) is 4.52 Å². The van der Waals surface area contributed by atoms with Gasteiger partial charge in [-0.2, -0.15) is 4.98 Å². The quantitative estimate of drug-likeness (QED) is 0.607. The fourth-order valence-corrected chi connectivity index (χ4v) is 2.11. The predicted octanol–water partition coefficient (Wildman–Crippen LogP) is 2.03. The molecule has 1 heterocycles. The maximum atomic E-state index is 12.0. The SMILES string of the molecule is CCCCCCCC(=O)N[C@H](CC(N)=O)c1nc(CC)no1. The molecule has 0 saturated carbocycles. The minimum Gasteiger partial charge on any atom is -0.370 e. The zero-order chi connectivity index (χ0) is 16.4. The molecule has 0 aromatic carbocycles. The number of aromatic nitrogens is 2. The fraction of sp³-hybridized carbons (Fsp3) is 0.733. The van der Waals surface area contributed by atoms with E-state index in [0.29, 0.717) is 18.7 Å². The third-order valence-electron chi connectivity index (χ3n) is 3.35. The first-order valence-corrected chi connectivity index (χ1v) is 7.96. The molecule has 7 nitrogen and oxygen atoms in total. The summed E-state index contributed by atoms with van der Waals surface area (Å²) in [5, 5.41) is 6.53. The molecule has 0 saturated heterocycles. The Hall–Kier alpha value is -1.92. The van der Waals surface area contributed by atoms with E-state index in [4.69, 9.17) is 10.3 Å². The Bertz CT molecular complexity index is 473. The predicted molar refractivity (Wildman–Crippen MR) is 81.7 cm³/mol. The number of rotatable bonds is 11. The molecular formula is C15H26N4O3. The van der Waals surface area contributed by atoms with Crippen LogP contribution < -0.4 is 11.1 Å². The molecule has 124 valence electrons. The van der Waals surface area contributed by atoms with Crippen molar-refractivity contribution in [3.05, 3.63) is 11.7 Å². The highest BCUT2D eigenvalue weighted by Crippen LogP contribution is 2.15. The van der Waals surface area contributed by atoms with Crippen LogP contribution in [0.25, 0.3) is 0 Å². The molecule has 0 fully saturated rings. The largest absolute Gasteiger partial charge is 0.370 e. The third kappa shape index (κ3) is 6.69. The molecule has 0 radical (unpaired) electrons. The van der Waals surface area contributed by atoms with Gasteiger partial charge in [-0.25, -0.2) is 0 Å². The van der Waals surface area contributed by atoms with E-state index in [1.807, 2.05) is 6.92 Å². The van der Waals surface area contributed by atoms with E-state index in [1.165, 1.54) is 12.8 Å². The third-order valence-corrected chi connectivity index (χ3v) is 3.35. The lowest BCUT2D eigenvalue weighted by Gasteiger charge is -2.13. The van der Waals surface area contributed by atoms with Crippen molar-refractivity contribution in [1.29, 1.82) is 0 Å². The van der Waals surface area contributed by atoms with Gasteiger partial charge in [-0.1, -0.05) is 44.7 Å². The van der Waals surface area contributed by atoms with E-state index < -0.39 is 11.9 Å². The summed E-state index contributed by atoms with van der Waals surface area (Å²) >= 11 is 0. The molecule has 0 aliphatic rings. The molecule has 1 aromatic rings. The lowest BCUT2D eigenvalue weighted by Crippen LogP contribution is -2.31. The molecule has 1 atom stereocenters. The molecule has 3 N–H and O–H groups in total. The average Bonchev–Trinajstić information content (AvgIpc) is 2.95. The maximum absolute atomic E-state index is 12.0. The van der Waals surface area contributed by atoms with Crippen LogP contribution in [0, 0.1) is 0 Å². The van der Waals surface area contributed by atoms with Gasteiger partial charge in [0.2, 0.25) is 17.7 Å². The molecule has 0 aliphatic heterocycles. The van der Waals surface area contributed by atoms with Gasteiger partial charge >= 0.3 is 0 Å². The smallest absolute Gasteiger partial charge is 0.249 e. The van der Waals surface area contributed by atoms with Crippen LogP contribution in [0.3, 0.4) is 0 Å². The van der Waals surface area contributed by atoms with Crippen LogP contribution in [0.5, 0.6) is 0 Å². The van der Waals surface area contributed by atoms with Crippen LogP contribution in [-0.4, -0.2) is 22.0 Å². The highest BCUT2D eigenvalue weighted by molar-refractivity contribution is 5.78. The summed E-state index contributed by atoms with van der Waals surface area (Å²) < 4.78 is 5.09. The second kappa shape index (κ2) is 9.92. The van der Waals surface area contributed by atoms with Crippen LogP contribution in [-0.2, 0) is 16.0 Å². The molecule has 1 rings (SSSR count). The summed E-state index contributed by atoms with van der Waals surface area (Å²) in [6, 6.07) is -0.645. The number of hydrogen-bond donors (Lipinski definition) is 2. The molecule has 22 heavy (non-hydrogen) atoms. The van der Waals surface area contributed by atoms with Gasteiger partial charge in [0, 0.05) is 12.8 Å². The minimum atomic E-state index is -0.645. The normalized spacial score (nSPS) is 12.1. The summed E-state index contributed by atoms with van der Waals surface area (Å²) in [7, 11) is 0. The van der Waals surface area contributed by atoms with Crippen LogP contribution in [0.1, 0.15) is 76.6 Å². The summed E-state index contributed by atoms with van der Waals surface area (Å²) in [4.78, 5) is 27.3. The molecule has 0 bridgehead atoms. The van der Waals surface area contributed by atoms with Gasteiger partial charge in [0.25, 0.3) is 0 Å². The molecule has 2 amide bonds. The fourth-order valence-electron chi connectivity index (χ4n) is 2.11. The molecular weight excluding hydrogens is 284 g/mol. The average molecular weight is 310 g/mol. The Morgan fingerprint density at radius 1 is 1.23 bits per heavy atom. The number of aryl methyl sites for hydroxylation is 1. The van der Waals surface area contributed by atoms with Crippen molar-refractivity contribution in [3.63, 3.8) is 0 Å². The van der Waals surface area contributed by atoms with Gasteiger partial charge in [-0.15, -0.1) is 0 Å². The molecule has 1 aromatic heterocycles. The van der Waals surface area contributed by atoms with Gasteiger partial charge in [-0.3, -0.25) is 9.59 Å². The Morgan fingerprint density at radius 2 is 1.95 bits per heavy atom. The number of nitrogens with zero attached hydrogens (tertiary/aromatic N) is 2. The first-order chi connectivity index (χ1) is 10.6. The number of primary amides is 1. The Morgan fingerprint density at radius 3 is 2.55 bits per heavy atom. The number of nitrogens with one attached hydrogen (secondary N) is 1. The second-order valence-electron chi connectivity index (χ2n) is 5.36. The van der Waals surface area contributed by atoms with E-state index in [9.17, 15) is 9.59 Å². The lowest BCUT2D eigenvalue weighted by atomic mass is 10.1. The Labute approximate surface area is 131 Å². The lowest BCUT2D eigenvalue weighted by molar-refractivity contribution is -0.123. The van der Waals surface area contributed by atoms with Crippen molar-refractivity contribution in [2.24, 2.45) is 5.73 Å². The number of amides is 2. The summed E-state index contributed by atoms with van der Waals surface area (Å²) in [6.45, 7) is 4.04. The van der Waals surface area contributed by atoms with Crippen molar-refractivity contribution < 1.29 is 14.1 Å². The van der Waals surface area contributed by atoms with Crippen molar-refractivity contribution in [1.82, 2.24) is 15.5 Å². The van der Waals surface area contributed by atoms with Gasteiger partial charge in [0.05, 0.1) is 6.42 Å². The standard InChI is InChI=1S/C15H26N4O3/c1-3-5-6-7-8-9-14(21)17-11(10-12(16)20)15-18-13(4-2)19-22-15/h11H,3-10H2,1-2H3,(H2,16,20)(H,17,21)/t11-/m1/s1. The van der Waals surface area contributed by atoms with Gasteiger partial charge in [0.1, 0.15) is 6.04 Å². The number of hydrogen-bond acceptors (Lipinski definition) is 5. The maximum Gasteiger partial charge on any atom is 0.249 e. The van der Waals surface area contributed by atoms with Crippen molar-refractivity contribution in [3.8, 4) is 0 Å². The molecule has 0 unspecified atom stereocenters. The van der Waals surface area contributed by atoms with Crippen LogP contribution in [0.2, 0.25) is 0 Å². The van der Waals surface area contributed by atoms with Crippen LogP contribution in [0.4, 0.5) is 0 Å². The van der Waals surface area contributed by atoms with E-state index >= 15 is 0 Å². The Kier molecular flexibility index (Phi) is 8.17. The minimum absolute atomic E-state index is 0.0487. The van der Waals surface area contributed by atoms with Gasteiger partial charge in [0.15, 0.2) is 5.82 Å². The summed E-state index contributed by atoms with van der Waals surface area (Å²) in [6.07, 6.45) is 6.36. The topological polar surface area (TPSA) is 111 Å². The molecule has 0 aliphatic carbocycles. The summed E-state index contributed by atoms with van der Waals surface area (Å²) in [5.74, 6) is 0.122. The highest BCUT2D eigenvalue weighted by Gasteiger charge is 2.22. The number of nitrogens with two attached hydrogens (primary N) is 1. The monoisotopic (exact) mass is 310 g/mol. The summed E-state index contributed by atoms with van der Waals surface area (Å²) in [5.41, 5.74) is 5.22. The van der Waals surface area contributed by atoms with Crippen molar-refractivity contribution >= 4 is 11.8 Å². The van der Waals surface area contributed by atoms with E-state index in [-0.39, 0.29) is 18.2 Å². The highest BCUT2D eigenvalue weighted by atomic mass is 16.5. The zero-order valence-electron chi connectivity index (χ0n) is 13.4. The van der Waals surface area contributed by atoms with E-state index in [0.717, 1.165) is 19.3 Å². The van der Waals surface area contributed by atoms with E-state index in [1.54, 1.807) is 0 Å². The van der Waals surface area contributed by atoms with Gasteiger partial charge < -0.3 is 15.6 Å². The van der Waals surface area contributed by atoms with Gasteiger partial charge in [-0.05, 0) is 6.42 Å². The number of unbranched alkanes of at least 4 members (excludes halogenated alkanes) is 4. The van der Waals surface area contributed by atoms with Crippen LogP contribution >= 0.6 is 0 Å². The van der Waals surface area contributed by atoms with Crippen molar-refractivity contribution in [2.75, 3.05) is 0 Å². The second-order valence-corrected chi connectivity index (χ2v) is 5.36. The first-order valence-electron chi connectivity index (χ1n) is 7.96. The number of carbonyl (C=O) groups excluding carboxylic acids is 2. The molecule has 0 spiro atoms. The zero-order valence-corrected chi connectivity index (χ0v) is 13.4. The first kappa shape index (κ1) is 18.1. The molecule has 7 heteroatoms. The Balaban J connectivity index is 2.50.